The first-order chi connectivity index (χ1) is 17.4. The third-order valence-electron chi connectivity index (χ3n) is 6.26. The highest BCUT2D eigenvalue weighted by atomic mass is 19.1. The molecule has 1 aromatic carbocycles. The number of alkyl halides is 1. The summed E-state index contributed by atoms with van der Waals surface area (Å²) in [6.45, 7) is 2.99. The summed E-state index contributed by atoms with van der Waals surface area (Å²) in [4.78, 5) is 15.5. The number of aliphatic hydroxyl groups is 1. The SMILES string of the molecule is CCOC(O)Nc1nn(C2(CC#N)CCN(Cc3ccc(-n4nccn4)cc3)CC2F)cc1C(N)=O. The van der Waals surface area contributed by atoms with E-state index < -0.39 is 24.0 Å². The number of nitriles is 1. The first kappa shape index (κ1) is 25.2. The third-order valence-corrected chi connectivity index (χ3v) is 6.26. The van der Waals surface area contributed by atoms with E-state index in [0.29, 0.717) is 13.1 Å². The van der Waals surface area contributed by atoms with Gasteiger partial charge in [-0.25, -0.2) is 4.39 Å². The smallest absolute Gasteiger partial charge is 0.254 e. The number of aromatic nitrogens is 5. The average molecular weight is 498 g/mol. The van der Waals surface area contributed by atoms with Gasteiger partial charge in [0.05, 0.1) is 30.6 Å². The minimum absolute atomic E-state index is 0.0348. The molecule has 3 atom stereocenters. The van der Waals surface area contributed by atoms with Crippen molar-refractivity contribution in [3.8, 4) is 11.8 Å². The van der Waals surface area contributed by atoms with E-state index in [1.807, 2.05) is 29.2 Å². The van der Waals surface area contributed by atoms with E-state index in [4.69, 9.17) is 10.5 Å². The van der Waals surface area contributed by atoms with Crippen molar-refractivity contribution in [1.82, 2.24) is 29.7 Å². The van der Waals surface area contributed by atoms with Crippen molar-refractivity contribution in [3.63, 3.8) is 0 Å². The number of carbonyl (C=O) groups is 1. The summed E-state index contributed by atoms with van der Waals surface area (Å²) in [5.74, 6) is -0.844. The standard InChI is InChI=1S/C23H28FN9O3/c1-2-36-22(35)29-21-18(20(26)34)14-32(30-21)23(7-9-25)8-12-31(15-19(23)24)13-16-3-5-17(6-4-16)33-27-10-11-28-33/h3-6,10-11,14,19,22,35H,2,7-8,12-13,15H2,1H3,(H2,26,34)(H,29,30). The number of nitrogens with one attached hydrogen (secondary N) is 1. The molecule has 0 saturated carbocycles. The zero-order chi connectivity index (χ0) is 25.7. The van der Waals surface area contributed by atoms with E-state index in [1.54, 1.807) is 19.3 Å². The van der Waals surface area contributed by atoms with Gasteiger partial charge in [0, 0.05) is 32.4 Å². The highest BCUT2D eigenvalue weighted by Crippen LogP contribution is 2.37. The minimum Gasteiger partial charge on any atom is -0.365 e. The molecule has 3 unspecified atom stereocenters. The molecule has 0 bridgehead atoms. The molecule has 0 spiro atoms. The number of likely N-dealkylation sites (tertiary alicyclic amines) is 1. The first-order valence-corrected chi connectivity index (χ1v) is 11.5. The summed E-state index contributed by atoms with van der Waals surface area (Å²) in [6.07, 6.45) is 1.77. The predicted molar refractivity (Wildman–Crippen MR) is 126 cm³/mol. The van der Waals surface area contributed by atoms with Crippen molar-refractivity contribution in [3.05, 3.63) is 54.0 Å². The van der Waals surface area contributed by atoms with E-state index in [0.717, 1.165) is 11.3 Å². The van der Waals surface area contributed by atoms with Crippen LogP contribution >= 0.6 is 0 Å². The minimum atomic E-state index is -1.45. The average Bonchev–Trinajstić information content (AvgIpc) is 3.53. The van der Waals surface area contributed by atoms with Crippen molar-refractivity contribution in [1.29, 1.82) is 5.26 Å². The quantitative estimate of drug-likeness (QED) is 0.349. The van der Waals surface area contributed by atoms with Gasteiger partial charge in [0.15, 0.2) is 5.82 Å². The van der Waals surface area contributed by atoms with Gasteiger partial charge in [-0.3, -0.25) is 14.4 Å². The van der Waals surface area contributed by atoms with Gasteiger partial charge in [0.2, 0.25) is 6.41 Å². The number of rotatable bonds is 10. The van der Waals surface area contributed by atoms with E-state index in [2.05, 4.69) is 26.7 Å². The zero-order valence-corrected chi connectivity index (χ0v) is 19.8. The van der Waals surface area contributed by atoms with Crippen LogP contribution in [0.1, 0.15) is 35.7 Å². The summed E-state index contributed by atoms with van der Waals surface area (Å²) in [7, 11) is 0. The molecule has 0 aliphatic carbocycles. The van der Waals surface area contributed by atoms with Gasteiger partial charge < -0.3 is 20.9 Å². The number of piperidine rings is 1. The van der Waals surface area contributed by atoms with Crippen LogP contribution in [0.5, 0.6) is 0 Å². The van der Waals surface area contributed by atoms with Crippen LogP contribution in [0.3, 0.4) is 0 Å². The maximum absolute atomic E-state index is 15.8. The highest BCUT2D eigenvalue weighted by Gasteiger charge is 2.46. The largest absolute Gasteiger partial charge is 0.365 e. The Hall–Kier alpha value is -3.86. The molecule has 1 fully saturated rings. The van der Waals surface area contributed by atoms with Crippen molar-refractivity contribution in [2.45, 2.75) is 44.4 Å². The second kappa shape index (κ2) is 10.8. The van der Waals surface area contributed by atoms with E-state index in [-0.39, 0.29) is 37.4 Å². The summed E-state index contributed by atoms with van der Waals surface area (Å²) in [5.41, 5.74) is 5.97. The lowest BCUT2D eigenvalue weighted by Gasteiger charge is -2.43. The Labute approximate surface area is 207 Å². The van der Waals surface area contributed by atoms with Crippen molar-refractivity contribution in [2.75, 3.05) is 25.0 Å². The maximum Gasteiger partial charge on any atom is 0.254 e. The maximum atomic E-state index is 15.8. The molecule has 4 N–H and O–H groups in total. The van der Waals surface area contributed by atoms with Gasteiger partial charge in [-0.2, -0.15) is 25.4 Å². The summed E-state index contributed by atoms with van der Waals surface area (Å²) >= 11 is 0. The molecule has 1 aliphatic rings. The van der Waals surface area contributed by atoms with Gasteiger partial charge in [0.25, 0.3) is 5.91 Å². The second-order valence-electron chi connectivity index (χ2n) is 8.53. The molecular weight excluding hydrogens is 469 g/mol. The van der Waals surface area contributed by atoms with Crippen LogP contribution in [0.15, 0.2) is 42.9 Å². The summed E-state index contributed by atoms with van der Waals surface area (Å²) in [5, 5.41) is 34.5. The summed E-state index contributed by atoms with van der Waals surface area (Å²) in [6, 6.07) is 9.74. The van der Waals surface area contributed by atoms with Crippen molar-refractivity contribution < 1.29 is 19.0 Å². The number of carbonyl (C=O) groups excluding carboxylic acids is 1. The second-order valence-corrected chi connectivity index (χ2v) is 8.53. The monoisotopic (exact) mass is 497 g/mol. The van der Waals surface area contributed by atoms with Crippen molar-refractivity contribution >= 4 is 11.7 Å². The molecule has 3 aromatic rings. The van der Waals surface area contributed by atoms with Gasteiger partial charge in [-0.05, 0) is 31.0 Å². The molecule has 190 valence electrons. The number of aliphatic hydroxyl groups excluding tert-OH is 1. The number of nitrogens with two attached hydrogens (primary N) is 1. The van der Waals surface area contributed by atoms with E-state index in [1.165, 1.54) is 15.7 Å². The molecular formula is C23H28FN9O3. The molecule has 36 heavy (non-hydrogen) atoms. The lowest BCUT2D eigenvalue weighted by atomic mass is 9.83. The predicted octanol–water partition coefficient (Wildman–Crippen LogP) is 1.14. The zero-order valence-electron chi connectivity index (χ0n) is 19.8. The van der Waals surface area contributed by atoms with Gasteiger partial charge >= 0.3 is 0 Å². The van der Waals surface area contributed by atoms with Gasteiger partial charge in [0.1, 0.15) is 17.3 Å². The molecule has 4 rings (SSSR count). The number of halogens is 1. The fourth-order valence-corrected chi connectivity index (χ4v) is 4.36. The van der Waals surface area contributed by atoms with E-state index >= 15 is 4.39 Å². The third kappa shape index (κ3) is 5.20. The van der Waals surface area contributed by atoms with E-state index in [9.17, 15) is 15.2 Å². The fourth-order valence-electron chi connectivity index (χ4n) is 4.36. The first-order valence-electron chi connectivity index (χ1n) is 11.5. The Bertz CT molecular complexity index is 1210. The molecule has 0 radical (unpaired) electrons. The highest BCUT2D eigenvalue weighted by molar-refractivity contribution is 5.97. The number of hydrogen-bond donors (Lipinski definition) is 3. The number of anilines is 1. The Kier molecular flexibility index (Phi) is 7.58. The Morgan fingerprint density at radius 1 is 1.39 bits per heavy atom. The molecule has 12 nitrogen and oxygen atoms in total. The van der Waals surface area contributed by atoms with Crippen LogP contribution in [-0.4, -0.2) is 73.0 Å². The molecule has 1 aliphatic heterocycles. The normalized spacial score (nSPS) is 21.1. The number of primary amides is 1. The Morgan fingerprint density at radius 2 is 2.11 bits per heavy atom. The van der Waals surface area contributed by atoms with Gasteiger partial charge in [-0.1, -0.05) is 12.1 Å². The molecule has 13 heteroatoms. The van der Waals surface area contributed by atoms with Crippen LogP contribution in [-0.2, 0) is 16.8 Å². The lowest BCUT2D eigenvalue weighted by Crippen LogP contribution is -2.54. The van der Waals surface area contributed by atoms with Crippen LogP contribution in [0.25, 0.3) is 5.69 Å². The Morgan fingerprint density at radius 3 is 2.72 bits per heavy atom. The summed E-state index contributed by atoms with van der Waals surface area (Å²) < 4.78 is 22.1. The van der Waals surface area contributed by atoms with Crippen molar-refractivity contribution in [2.24, 2.45) is 5.73 Å². The van der Waals surface area contributed by atoms with Crippen LogP contribution < -0.4 is 11.1 Å². The van der Waals surface area contributed by atoms with Gasteiger partial charge in [-0.15, -0.1) is 0 Å². The number of ether oxygens (including phenoxy) is 1. The Balaban J connectivity index is 1.51. The van der Waals surface area contributed by atoms with Crippen LogP contribution in [0, 0.1) is 11.3 Å². The topological polar surface area (TPSA) is 160 Å². The number of hydrogen-bond acceptors (Lipinski definition) is 9. The number of benzene rings is 1. The van der Waals surface area contributed by atoms with Crippen LogP contribution in [0.2, 0.25) is 0 Å². The molecule has 3 heterocycles. The lowest BCUT2D eigenvalue weighted by molar-refractivity contribution is -0.0734. The number of nitrogens with zero attached hydrogens (tertiary/aromatic N) is 7. The fraction of sp³-hybridized carbons (Fsp3) is 0.435. The number of amides is 1. The van der Waals surface area contributed by atoms with Crippen LogP contribution in [0.4, 0.5) is 10.2 Å². The molecule has 2 aromatic heterocycles. The molecule has 1 amide bonds. The molecule has 1 saturated heterocycles.